The van der Waals surface area contributed by atoms with Crippen LogP contribution in [0.15, 0.2) is 62.4 Å². The molecule has 3 aromatic rings. The van der Waals surface area contributed by atoms with E-state index < -0.39 is 12.6 Å². The zero-order chi connectivity index (χ0) is 17.1. The number of hydrogen-bond acceptors (Lipinski definition) is 5. The van der Waals surface area contributed by atoms with Crippen molar-refractivity contribution >= 4 is 32.9 Å². The van der Waals surface area contributed by atoms with Gasteiger partial charge in [0.2, 0.25) is 11.2 Å². The second-order valence-electron chi connectivity index (χ2n) is 4.80. The van der Waals surface area contributed by atoms with Gasteiger partial charge in [-0.25, -0.2) is 4.79 Å². The van der Waals surface area contributed by atoms with Crippen molar-refractivity contribution in [3.8, 4) is 17.2 Å². The normalized spacial score (nSPS) is 10.5. The molecular weight excluding hydrogens is 380 g/mol. The third kappa shape index (κ3) is 3.41. The van der Waals surface area contributed by atoms with Gasteiger partial charge in [0.25, 0.3) is 0 Å². The molecule has 1 N–H and O–H groups in total. The topological polar surface area (TPSA) is 86.0 Å². The summed E-state index contributed by atoms with van der Waals surface area (Å²) in [5, 5.41) is 8.92. The smallest absolute Gasteiger partial charge is 0.341 e. The maximum atomic E-state index is 12.5. The Morgan fingerprint density at radius 3 is 2.71 bits per heavy atom. The number of halogens is 1. The number of ether oxygens (including phenoxy) is 2. The first-order valence-electron chi connectivity index (χ1n) is 6.87. The number of rotatable bonds is 5. The van der Waals surface area contributed by atoms with Gasteiger partial charge in [0.05, 0.1) is 9.86 Å². The van der Waals surface area contributed by atoms with Gasteiger partial charge in [0.15, 0.2) is 6.61 Å². The lowest BCUT2D eigenvalue weighted by molar-refractivity contribution is -0.139. The lowest BCUT2D eigenvalue weighted by atomic mass is 10.2. The fourth-order valence-electron chi connectivity index (χ4n) is 2.04. The third-order valence-corrected chi connectivity index (χ3v) is 3.79. The molecule has 1 heterocycles. The van der Waals surface area contributed by atoms with Gasteiger partial charge < -0.3 is 19.0 Å². The first-order chi connectivity index (χ1) is 11.5. The van der Waals surface area contributed by atoms with Crippen LogP contribution in [0, 0.1) is 0 Å². The molecule has 0 aliphatic rings. The molecule has 6 nitrogen and oxygen atoms in total. The van der Waals surface area contributed by atoms with E-state index in [0.29, 0.717) is 21.4 Å². The average Bonchev–Trinajstić information content (AvgIpc) is 2.57. The molecule has 0 radical (unpaired) electrons. The number of aliphatic carboxylic acids is 1. The number of carboxylic acids is 1. The molecule has 24 heavy (non-hydrogen) atoms. The third-order valence-electron chi connectivity index (χ3n) is 3.13. The Kier molecular flexibility index (Phi) is 4.52. The van der Waals surface area contributed by atoms with Gasteiger partial charge in [0, 0.05) is 6.07 Å². The van der Waals surface area contributed by atoms with Crippen molar-refractivity contribution in [1.82, 2.24) is 0 Å². The molecule has 0 saturated carbocycles. The van der Waals surface area contributed by atoms with E-state index in [1.54, 1.807) is 18.2 Å². The summed E-state index contributed by atoms with van der Waals surface area (Å²) in [6.07, 6.45) is 1.21. The Morgan fingerprint density at radius 1 is 1.17 bits per heavy atom. The van der Waals surface area contributed by atoms with Crippen molar-refractivity contribution in [2.24, 2.45) is 0 Å². The van der Waals surface area contributed by atoms with Crippen LogP contribution in [0.3, 0.4) is 0 Å². The number of hydrogen-bond donors (Lipinski definition) is 1. The quantitative estimate of drug-likeness (QED) is 0.712. The first-order valence-corrected chi connectivity index (χ1v) is 7.66. The highest BCUT2D eigenvalue weighted by atomic mass is 79.9. The molecule has 0 unspecified atom stereocenters. The number of carbonyl (C=O) groups is 1. The minimum Gasteiger partial charge on any atom is -0.482 e. The molecular formula is C17H11BrO6. The fraction of sp³-hybridized carbons (Fsp3) is 0.0588. The van der Waals surface area contributed by atoms with Crippen LogP contribution in [-0.2, 0) is 4.79 Å². The zero-order valence-corrected chi connectivity index (χ0v) is 13.8. The average molecular weight is 391 g/mol. The first kappa shape index (κ1) is 16.1. The van der Waals surface area contributed by atoms with Crippen molar-refractivity contribution in [2.45, 2.75) is 0 Å². The minimum absolute atomic E-state index is 0.0496. The maximum Gasteiger partial charge on any atom is 0.341 e. The summed E-state index contributed by atoms with van der Waals surface area (Å²) in [5.41, 5.74) is -0.0563. The monoisotopic (exact) mass is 390 g/mol. The van der Waals surface area contributed by atoms with Crippen molar-refractivity contribution in [3.63, 3.8) is 0 Å². The number of fused-ring (bicyclic) bond motifs is 1. The molecule has 0 aliphatic heterocycles. The van der Waals surface area contributed by atoms with E-state index in [1.807, 2.05) is 6.07 Å². The summed E-state index contributed by atoms with van der Waals surface area (Å²) < 4.78 is 16.8. The van der Waals surface area contributed by atoms with E-state index in [-0.39, 0.29) is 16.8 Å². The standard InChI is InChI=1S/C17H11BrO6/c18-12-3-1-2-4-13(12)24-15-8-23-14-7-10(22-9-16(19)20)5-6-11(14)17(15)21/h1-8H,9H2,(H,19,20). The number of para-hydroxylation sites is 1. The van der Waals surface area contributed by atoms with Gasteiger partial charge in [-0.05, 0) is 40.2 Å². The molecule has 0 bridgehead atoms. The van der Waals surface area contributed by atoms with Gasteiger partial charge in [-0.15, -0.1) is 0 Å². The number of carboxylic acid groups (broad SMARTS) is 1. The van der Waals surface area contributed by atoms with Crippen LogP contribution in [0.1, 0.15) is 0 Å². The second kappa shape index (κ2) is 6.76. The fourth-order valence-corrected chi connectivity index (χ4v) is 2.41. The summed E-state index contributed by atoms with van der Waals surface area (Å²) in [6, 6.07) is 11.6. The molecule has 2 aromatic carbocycles. The summed E-state index contributed by atoms with van der Waals surface area (Å²) in [5.74, 6) is -0.250. The minimum atomic E-state index is -1.09. The Bertz CT molecular complexity index is 963. The summed E-state index contributed by atoms with van der Waals surface area (Å²) in [6.45, 7) is -0.473. The second-order valence-corrected chi connectivity index (χ2v) is 5.66. The maximum absolute atomic E-state index is 12.5. The highest BCUT2D eigenvalue weighted by Crippen LogP contribution is 2.29. The van der Waals surface area contributed by atoms with Gasteiger partial charge in [-0.2, -0.15) is 0 Å². The summed E-state index contributed by atoms with van der Waals surface area (Å²) in [4.78, 5) is 23.0. The molecule has 3 rings (SSSR count). The molecule has 0 saturated heterocycles. The van der Waals surface area contributed by atoms with E-state index in [9.17, 15) is 9.59 Å². The van der Waals surface area contributed by atoms with Crippen LogP contribution in [-0.4, -0.2) is 17.7 Å². The van der Waals surface area contributed by atoms with Gasteiger partial charge in [-0.1, -0.05) is 12.1 Å². The molecule has 0 spiro atoms. The molecule has 0 atom stereocenters. The van der Waals surface area contributed by atoms with Gasteiger partial charge in [0.1, 0.15) is 23.3 Å². The Balaban J connectivity index is 1.93. The SMILES string of the molecule is O=C(O)COc1ccc2c(=O)c(Oc3ccccc3Br)coc2c1. The molecule has 1 aromatic heterocycles. The molecule has 7 heteroatoms. The van der Waals surface area contributed by atoms with Gasteiger partial charge >= 0.3 is 5.97 Å². The van der Waals surface area contributed by atoms with Crippen LogP contribution >= 0.6 is 15.9 Å². The molecule has 122 valence electrons. The molecule has 0 amide bonds. The van der Waals surface area contributed by atoms with Crippen molar-refractivity contribution in [1.29, 1.82) is 0 Å². The predicted molar refractivity (Wildman–Crippen MR) is 89.8 cm³/mol. The summed E-state index contributed by atoms with van der Waals surface area (Å²) in [7, 11) is 0. The van der Waals surface area contributed by atoms with Crippen LogP contribution in [0.4, 0.5) is 0 Å². The van der Waals surface area contributed by atoms with Crippen LogP contribution in [0.5, 0.6) is 17.2 Å². The van der Waals surface area contributed by atoms with Crippen LogP contribution in [0.25, 0.3) is 11.0 Å². The van der Waals surface area contributed by atoms with E-state index in [2.05, 4.69) is 15.9 Å². The summed E-state index contributed by atoms with van der Waals surface area (Å²) >= 11 is 3.34. The van der Waals surface area contributed by atoms with Crippen molar-refractivity contribution in [2.75, 3.05) is 6.61 Å². The largest absolute Gasteiger partial charge is 0.482 e. The van der Waals surface area contributed by atoms with E-state index in [1.165, 1.54) is 24.5 Å². The highest BCUT2D eigenvalue weighted by Gasteiger charge is 2.11. The Hall–Kier alpha value is -2.80. The van der Waals surface area contributed by atoms with Gasteiger partial charge in [-0.3, -0.25) is 4.79 Å². The lowest BCUT2D eigenvalue weighted by Crippen LogP contribution is -2.09. The lowest BCUT2D eigenvalue weighted by Gasteiger charge is -2.08. The Labute approximate surface area is 144 Å². The van der Waals surface area contributed by atoms with Crippen molar-refractivity contribution in [3.05, 3.63) is 63.4 Å². The highest BCUT2D eigenvalue weighted by molar-refractivity contribution is 9.10. The van der Waals surface area contributed by atoms with E-state index >= 15 is 0 Å². The van der Waals surface area contributed by atoms with E-state index in [4.69, 9.17) is 19.0 Å². The number of benzene rings is 2. The predicted octanol–water partition coefficient (Wildman–Crippen LogP) is 3.81. The van der Waals surface area contributed by atoms with Crippen molar-refractivity contribution < 1.29 is 23.8 Å². The van der Waals surface area contributed by atoms with Crippen LogP contribution < -0.4 is 14.9 Å². The molecule has 0 fully saturated rings. The van der Waals surface area contributed by atoms with E-state index in [0.717, 1.165) is 0 Å². The zero-order valence-electron chi connectivity index (χ0n) is 12.2. The molecule has 0 aliphatic carbocycles. The van der Waals surface area contributed by atoms with Crippen LogP contribution in [0.2, 0.25) is 0 Å². The Morgan fingerprint density at radius 2 is 1.96 bits per heavy atom.